The van der Waals surface area contributed by atoms with Gasteiger partial charge in [-0.15, -0.1) is 20.4 Å². The van der Waals surface area contributed by atoms with Gasteiger partial charge in [0.25, 0.3) is 23.5 Å². The molecule has 3 aliphatic heterocycles. The van der Waals surface area contributed by atoms with Crippen molar-refractivity contribution in [3.8, 4) is 22.7 Å². The van der Waals surface area contributed by atoms with Gasteiger partial charge in [-0.2, -0.15) is 5.10 Å². The molecule has 3 aliphatic rings. The molecule has 0 radical (unpaired) electrons. The van der Waals surface area contributed by atoms with Crippen LogP contribution in [-0.4, -0.2) is 258 Å². The summed E-state index contributed by atoms with van der Waals surface area (Å²) in [6.07, 6.45) is 32.8. The number of hydrogen-bond acceptors (Lipinski definition) is 32. The van der Waals surface area contributed by atoms with Crippen molar-refractivity contribution < 1.29 is 56.6 Å². The van der Waals surface area contributed by atoms with Crippen molar-refractivity contribution in [3.63, 3.8) is 0 Å². The van der Waals surface area contributed by atoms with Gasteiger partial charge in [0.2, 0.25) is 17.5 Å². The van der Waals surface area contributed by atoms with Crippen molar-refractivity contribution in [2.24, 2.45) is 5.73 Å². The normalized spacial score (nSPS) is 14.4. The number of nitrogens with two attached hydrogens (primary N) is 1. The number of halogens is 4. The number of imidazole rings is 3. The first-order valence-corrected chi connectivity index (χ1v) is 44.5. The molecule has 652 valence electrons. The molecule has 2 amide bonds. The molecule has 48 heteroatoms. The van der Waals surface area contributed by atoms with Gasteiger partial charge in [0.05, 0.1) is 49.0 Å². The molecule has 19 rings (SSSR count). The summed E-state index contributed by atoms with van der Waals surface area (Å²) < 4.78 is 53.0. The molecular formula is C79H77BI4N30O12S. The zero-order chi connectivity index (χ0) is 89.7. The molecule has 3 fully saturated rings. The summed E-state index contributed by atoms with van der Waals surface area (Å²) in [5.74, 6) is 0.781. The van der Waals surface area contributed by atoms with Crippen LogP contribution >= 0.6 is 90.4 Å². The Bertz CT molecular complexity index is 6410. The lowest BCUT2D eigenvalue weighted by molar-refractivity contribution is 0.0578. The lowest BCUT2D eigenvalue weighted by atomic mass is 9.81. The fourth-order valence-corrected chi connectivity index (χ4v) is 14.7. The number of carbonyl (C=O) groups is 5. The molecule has 127 heavy (non-hydrogen) atoms. The zero-order valence-corrected chi connectivity index (χ0v) is 77.1. The number of nitrogens with zero attached hydrogens (tertiary/aromatic N) is 26. The van der Waals surface area contributed by atoms with E-state index in [9.17, 15) is 32.4 Å². The third-order valence-corrected chi connectivity index (χ3v) is 22.9. The summed E-state index contributed by atoms with van der Waals surface area (Å²) in [7, 11) is -0.748. The fraction of sp³-hybridized carbons (Fsp3) is 0.203. The molecule has 5 aromatic carbocycles. The molecule has 7 N–H and O–H groups in total. The quantitative estimate of drug-likeness (QED) is 0.0288. The largest absolute Gasteiger partial charge is 0.488 e. The second kappa shape index (κ2) is 43.4. The minimum atomic E-state index is -3.28. The molecule has 0 bridgehead atoms. The van der Waals surface area contributed by atoms with Crippen molar-refractivity contribution in [2.45, 2.75) is 42.3 Å². The smallest absolute Gasteiger partial charge is 0.463 e. The van der Waals surface area contributed by atoms with Gasteiger partial charge < -0.3 is 68.5 Å². The number of aromatic amines is 1. The minimum absolute atomic E-state index is 0.00442. The van der Waals surface area contributed by atoms with Crippen molar-refractivity contribution in [1.82, 2.24) is 128 Å². The SMILES string of the molecule is COC(=O)c1ncn(-c2ccc(I)cc2)n1.COC(=O)c1ncn(-c2ccc(I)cc2)n1.COC(=O)c1ncn[nH]1.CS(=O)(=O)c1ccc(-n2cnc(C(=O)N[C@H]3CCN(c4nccn5ccnc45)C3)n2)cc1.N[C@H]1CCN(c2nccn3ccnc23)C1.O=C(N[C@H]1CCN(c2nccn3ccnc23)C1)c1ncn(-c2ccc(I)cc2)n1.OB(O)c1ccc(I)cc1. The van der Waals surface area contributed by atoms with E-state index in [1.54, 1.807) is 72.5 Å². The van der Waals surface area contributed by atoms with Gasteiger partial charge in [-0.25, -0.2) is 96.4 Å². The number of carbonyl (C=O) groups excluding carboxylic acids is 5. The predicted molar refractivity (Wildman–Crippen MR) is 496 cm³/mol. The number of aromatic nitrogens is 24. The van der Waals surface area contributed by atoms with Crippen molar-refractivity contribution in [3.05, 3.63) is 271 Å². The molecule has 0 aliphatic carbocycles. The number of fused-ring (bicyclic) bond motifs is 3. The molecule has 11 aromatic heterocycles. The maximum absolute atomic E-state index is 12.7. The third kappa shape index (κ3) is 24.5. The number of anilines is 3. The number of rotatable bonds is 16. The van der Waals surface area contributed by atoms with E-state index in [-0.39, 0.29) is 64.0 Å². The molecule has 0 unspecified atom stereocenters. The first kappa shape index (κ1) is 91.9. The number of hydrogen-bond donors (Lipinski definition) is 6. The Morgan fingerprint density at radius 1 is 0.433 bits per heavy atom. The Morgan fingerprint density at radius 3 is 1.08 bits per heavy atom. The lowest BCUT2D eigenvalue weighted by Gasteiger charge is -2.18. The summed E-state index contributed by atoms with van der Waals surface area (Å²) in [6, 6.07) is 36.7. The van der Waals surface area contributed by atoms with Gasteiger partial charge in [-0.1, -0.05) is 12.1 Å². The first-order chi connectivity index (χ1) is 61.3. The van der Waals surface area contributed by atoms with Crippen LogP contribution in [0.15, 0.2) is 232 Å². The van der Waals surface area contributed by atoms with Gasteiger partial charge in [-0.3, -0.25) is 14.7 Å². The van der Waals surface area contributed by atoms with Gasteiger partial charge in [-0.05, 0) is 224 Å². The highest BCUT2D eigenvalue weighted by molar-refractivity contribution is 14.1. The van der Waals surface area contributed by atoms with E-state index in [2.05, 4.69) is 215 Å². The van der Waals surface area contributed by atoms with Crippen LogP contribution < -0.4 is 36.5 Å². The summed E-state index contributed by atoms with van der Waals surface area (Å²) in [6.45, 7) is 4.68. The summed E-state index contributed by atoms with van der Waals surface area (Å²) in [5.41, 5.74) is 12.1. The lowest BCUT2D eigenvalue weighted by Crippen LogP contribution is -2.37. The molecule has 16 aromatic rings. The van der Waals surface area contributed by atoms with Crippen LogP contribution in [0.1, 0.15) is 72.4 Å². The van der Waals surface area contributed by atoms with Crippen LogP contribution in [0, 0.1) is 14.3 Å². The topological polar surface area (TPSA) is 502 Å². The highest BCUT2D eigenvalue weighted by atomic mass is 127. The van der Waals surface area contributed by atoms with Crippen molar-refractivity contribution in [1.29, 1.82) is 0 Å². The average molecular weight is 2190 g/mol. The predicted octanol–water partition coefficient (Wildman–Crippen LogP) is 5.79. The van der Waals surface area contributed by atoms with E-state index in [4.69, 9.17) is 15.8 Å². The highest BCUT2D eigenvalue weighted by Crippen LogP contribution is 2.26. The second-order valence-corrected chi connectivity index (χ2v) is 34.5. The van der Waals surface area contributed by atoms with Crippen LogP contribution in [-0.2, 0) is 24.0 Å². The van der Waals surface area contributed by atoms with Crippen molar-refractivity contribution >= 4 is 177 Å². The van der Waals surface area contributed by atoms with E-state index in [0.29, 0.717) is 24.2 Å². The number of esters is 3. The Labute approximate surface area is 777 Å². The number of benzene rings is 5. The van der Waals surface area contributed by atoms with E-state index in [1.807, 2.05) is 135 Å². The molecule has 3 atom stereocenters. The Balaban J connectivity index is 0.000000133. The van der Waals surface area contributed by atoms with Gasteiger partial charge in [0, 0.05) is 152 Å². The van der Waals surface area contributed by atoms with Crippen LogP contribution in [0.2, 0.25) is 0 Å². The van der Waals surface area contributed by atoms with Crippen molar-refractivity contribution in [2.75, 3.05) is 81.6 Å². The summed E-state index contributed by atoms with van der Waals surface area (Å²) in [5, 5.41) is 45.7. The number of ether oxygens (including phenoxy) is 3. The maximum atomic E-state index is 12.7. The number of sulfone groups is 1. The van der Waals surface area contributed by atoms with Crippen LogP contribution in [0.25, 0.3) is 39.7 Å². The number of H-pyrrole nitrogens is 1. The van der Waals surface area contributed by atoms with E-state index in [0.717, 1.165) is 117 Å². The number of nitrogens with one attached hydrogen (secondary N) is 3. The van der Waals surface area contributed by atoms with Crippen LogP contribution in [0.4, 0.5) is 17.5 Å². The van der Waals surface area contributed by atoms with Crippen LogP contribution in [0.5, 0.6) is 0 Å². The number of amides is 2. The average Bonchev–Trinajstić information content (AvgIpc) is 1.64. The minimum Gasteiger partial charge on any atom is -0.463 e. The highest BCUT2D eigenvalue weighted by Gasteiger charge is 2.31. The summed E-state index contributed by atoms with van der Waals surface area (Å²) >= 11 is 8.84. The van der Waals surface area contributed by atoms with E-state index >= 15 is 0 Å². The van der Waals surface area contributed by atoms with Gasteiger partial charge in [0.1, 0.15) is 31.6 Å². The fourth-order valence-electron chi connectivity index (χ4n) is 12.6. The molecule has 14 heterocycles. The Kier molecular flexibility index (Phi) is 31.4. The molecule has 0 saturated carbocycles. The standard InChI is InChI=1S/C20H20N8O3S.C19H17IN8O.2C10H8IN3O2.C10H13N5.C6H6BIO2.C4H5N3O2/c1-32(30,31)16-4-2-15(3-5-16)28-13-23-17(25-28)20(29)24-14-6-9-27(12-14)19-18-21-7-10-26(18)11-8-22-19;20-13-1-3-15(4-2-13)28-12-23-16(25-28)19(29)24-14-5-8-27(11-14)18-17-21-6-9-26(17)10-7-22-18;2*1-16-10(15)9-12-6-14(13-9)8-4-2-7(11)3-5-8;11-8-1-4-15(7-8)10-9-12-2-5-14(9)6-3-13-10;8-6-3-1-5(2-4-6)7(9)10;1-9-4(8)3-5-2-6-7-3/h2-5,7-8,10-11,13-14H,6,9,12H2,1H3,(H,24,29);1-4,6-7,9-10,12,14H,5,8,11H2,(H,24,29);2*2-6H,1H3;2-3,5-6,8H,1,4,7,11H2;1-4,9-10H;2H,1H3,(H,5,6,7)/t2*14-;;;8-;;/m00..0../s1. The monoisotopic (exact) mass is 2190 g/mol. The molecule has 42 nitrogen and oxygen atoms in total. The van der Waals surface area contributed by atoms with Gasteiger partial charge in [0.15, 0.2) is 44.2 Å². The number of methoxy groups -OCH3 is 3. The molecule has 3 saturated heterocycles. The zero-order valence-electron chi connectivity index (χ0n) is 67.6. The molecular weight excluding hydrogens is 2110 g/mol. The van der Waals surface area contributed by atoms with E-state index in [1.165, 1.54) is 72.8 Å². The molecule has 0 spiro atoms. The Morgan fingerprint density at radius 2 is 0.756 bits per heavy atom. The maximum Gasteiger partial charge on any atom is 0.488 e. The third-order valence-electron chi connectivity index (χ3n) is 18.9. The summed E-state index contributed by atoms with van der Waals surface area (Å²) in [4.78, 5) is 111. The second-order valence-electron chi connectivity index (χ2n) is 27.5. The van der Waals surface area contributed by atoms with Gasteiger partial charge >= 0.3 is 25.0 Å². The first-order valence-electron chi connectivity index (χ1n) is 38.3. The van der Waals surface area contributed by atoms with Crippen LogP contribution in [0.3, 0.4) is 0 Å². The Hall–Kier alpha value is -12.8. The van der Waals surface area contributed by atoms with E-state index < -0.39 is 34.9 Å².